The van der Waals surface area contributed by atoms with Crippen LogP contribution in [0.25, 0.3) is 5.70 Å². The van der Waals surface area contributed by atoms with Gasteiger partial charge in [-0.15, -0.1) is 0 Å². The molecular formula is C10H10N2. The van der Waals surface area contributed by atoms with Gasteiger partial charge < -0.3 is 5.32 Å². The summed E-state index contributed by atoms with van der Waals surface area (Å²) in [5.41, 5.74) is 2.44. The summed E-state index contributed by atoms with van der Waals surface area (Å²) in [5, 5.41) is 11.5. The van der Waals surface area contributed by atoms with Gasteiger partial charge in [0.05, 0.1) is 11.6 Å². The number of hydrogen-bond donors (Lipinski definition) is 1. The maximum Gasteiger partial charge on any atom is 0.0991 e. The Balaban J connectivity index is 3.04. The fourth-order valence-corrected chi connectivity index (χ4v) is 0.921. The first-order chi connectivity index (χ1) is 5.77. The highest BCUT2D eigenvalue weighted by Gasteiger charge is 1.96. The van der Waals surface area contributed by atoms with E-state index in [1.165, 1.54) is 0 Å². The molecule has 12 heavy (non-hydrogen) atoms. The fourth-order valence-electron chi connectivity index (χ4n) is 0.921. The summed E-state index contributed by atoms with van der Waals surface area (Å²) in [5.74, 6) is 0. The van der Waals surface area contributed by atoms with Crippen LogP contribution in [0.1, 0.15) is 11.1 Å². The number of benzene rings is 1. The Morgan fingerprint density at radius 1 is 1.58 bits per heavy atom. The minimum atomic E-state index is 0.656. The molecule has 0 aromatic heterocycles. The molecule has 2 heteroatoms. The summed E-state index contributed by atoms with van der Waals surface area (Å²) in [6.45, 7) is 3.80. The first kappa shape index (κ1) is 8.35. The molecule has 0 aliphatic carbocycles. The molecule has 0 fully saturated rings. The molecule has 0 aliphatic heterocycles. The third-order valence-electron chi connectivity index (χ3n) is 1.64. The van der Waals surface area contributed by atoms with Crippen molar-refractivity contribution in [3.63, 3.8) is 0 Å². The summed E-state index contributed by atoms with van der Waals surface area (Å²) in [6.07, 6.45) is 0. The molecule has 0 atom stereocenters. The highest BCUT2D eigenvalue weighted by molar-refractivity contribution is 5.62. The maximum absolute atomic E-state index is 8.62. The van der Waals surface area contributed by atoms with Gasteiger partial charge >= 0.3 is 0 Å². The predicted octanol–water partition coefficient (Wildman–Crippen LogP) is 1.75. The van der Waals surface area contributed by atoms with Crippen LogP contribution in [0.4, 0.5) is 0 Å². The standard InChI is InChI=1S/C10H10N2/c1-8(12-2)10-5-3-4-9(6-10)7-11/h3-6,12H,1H2,2H3. The van der Waals surface area contributed by atoms with Crippen LogP contribution in [0.3, 0.4) is 0 Å². The van der Waals surface area contributed by atoms with Gasteiger partial charge in [-0.05, 0) is 17.7 Å². The molecule has 1 N–H and O–H groups in total. The minimum absolute atomic E-state index is 0.656. The van der Waals surface area contributed by atoms with E-state index in [1.807, 2.05) is 12.1 Å². The molecule has 2 nitrogen and oxygen atoms in total. The first-order valence-corrected chi connectivity index (χ1v) is 3.65. The largest absolute Gasteiger partial charge is 0.388 e. The molecule has 0 saturated carbocycles. The molecule has 0 radical (unpaired) electrons. The molecule has 0 bridgehead atoms. The van der Waals surface area contributed by atoms with Gasteiger partial charge in [0.15, 0.2) is 0 Å². The summed E-state index contributed by atoms with van der Waals surface area (Å²) < 4.78 is 0. The van der Waals surface area contributed by atoms with Gasteiger partial charge in [0.2, 0.25) is 0 Å². The van der Waals surface area contributed by atoms with Crippen molar-refractivity contribution in [1.29, 1.82) is 5.26 Å². The second-order valence-electron chi connectivity index (χ2n) is 2.42. The van der Waals surface area contributed by atoms with Crippen LogP contribution in [0.5, 0.6) is 0 Å². The molecule has 0 spiro atoms. The third-order valence-corrected chi connectivity index (χ3v) is 1.64. The van der Waals surface area contributed by atoms with Crippen molar-refractivity contribution in [3.05, 3.63) is 42.0 Å². The van der Waals surface area contributed by atoms with E-state index in [4.69, 9.17) is 5.26 Å². The first-order valence-electron chi connectivity index (χ1n) is 3.65. The van der Waals surface area contributed by atoms with Crippen molar-refractivity contribution in [2.75, 3.05) is 7.05 Å². The van der Waals surface area contributed by atoms with Crippen LogP contribution < -0.4 is 5.32 Å². The van der Waals surface area contributed by atoms with Gasteiger partial charge in [0.25, 0.3) is 0 Å². The lowest BCUT2D eigenvalue weighted by Gasteiger charge is -2.03. The van der Waals surface area contributed by atoms with E-state index >= 15 is 0 Å². The Bertz CT molecular complexity index is 334. The summed E-state index contributed by atoms with van der Waals surface area (Å²) in [7, 11) is 1.81. The van der Waals surface area contributed by atoms with E-state index < -0.39 is 0 Å². The van der Waals surface area contributed by atoms with Crippen molar-refractivity contribution < 1.29 is 0 Å². The van der Waals surface area contributed by atoms with E-state index in [2.05, 4.69) is 18.0 Å². The number of hydrogen-bond acceptors (Lipinski definition) is 2. The van der Waals surface area contributed by atoms with Crippen molar-refractivity contribution in [3.8, 4) is 6.07 Å². The van der Waals surface area contributed by atoms with Gasteiger partial charge in [0, 0.05) is 12.7 Å². The molecule has 0 amide bonds. The molecule has 1 aromatic rings. The number of nitrogens with zero attached hydrogens (tertiary/aromatic N) is 1. The lowest BCUT2D eigenvalue weighted by atomic mass is 10.1. The third kappa shape index (κ3) is 1.64. The zero-order valence-corrected chi connectivity index (χ0v) is 6.96. The number of rotatable bonds is 2. The second kappa shape index (κ2) is 3.59. The summed E-state index contributed by atoms with van der Waals surface area (Å²) in [4.78, 5) is 0. The van der Waals surface area contributed by atoms with Gasteiger partial charge in [-0.25, -0.2) is 0 Å². The molecular weight excluding hydrogens is 148 g/mol. The summed E-state index contributed by atoms with van der Waals surface area (Å²) in [6, 6.07) is 9.41. The second-order valence-corrected chi connectivity index (χ2v) is 2.42. The zero-order chi connectivity index (χ0) is 8.97. The Labute approximate surface area is 72.1 Å². The Hall–Kier alpha value is -1.75. The van der Waals surface area contributed by atoms with Crippen molar-refractivity contribution in [2.24, 2.45) is 0 Å². The molecule has 0 unspecified atom stereocenters. The highest BCUT2D eigenvalue weighted by atomic mass is 14.8. The van der Waals surface area contributed by atoms with Crippen LogP contribution in [0.15, 0.2) is 30.8 Å². The molecule has 1 rings (SSSR count). The van der Waals surface area contributed by atoms with Gasteiger partial charge in [-0.3, -0.25) is 0 Å². The molecule has 0 heterocycles. The minimum Gasteiger partial charge on any atom is -0.388 e. The molecule has 0 saturated heterocycles. The highest BCUT2D eigenvalue weighted by Crippen LogP contribution is 2.10. The topological polar surface area (TPSA) is 35.8 Å². The average Bonchev–Trinajstić information content (AvgIpc) is 2.17. The normalized spacial score (nSPS) is 8.67. The maximum atomic E-state index is 8.62. The van der Waals surface area contributed by atoms with Crippen LogP contribution in [0.2, 0.25) is 0 Å². The summed E-state index contributed by atoms with van der Waals surface area (Å²) >= 11 is 0. The van der Waals surface area contributed by atoms with E-state index in [0.717, 1.165) is 11.3 Å². The number of nitrogens with one attached hydrogen (secondary N) is 1. The quantitative estimate of drug-likeness (QED) is 0.711. The van der Waals surface area contributed by atoms with Gasteiger partial charge in [-0.1, -0.05) is 18.7 Å². The zero-order valence-electron chi connectivity index (χ0n) is 6.96. The van der Waals surface area contributed by atoms with Crippen LogP contribution in [0, 0.1) is 11.3 Å². The van der Waals surface area contributed by atoms with Gasteiger partial charge in [-0.2, -0.15) is 5.26 Å². The predicted molar refractivity (Wildman–Crippen MR) is 49.3 cm³/mol. The van der Waals surface area contributed by atoms with Crippen molar-refractivity contribution in [1.82, 2.24) is 5.32 Å². The Morgan fingerprint density at radius 3 is 2.92 bits per heavy atom. The van der Waals surface area contributed by atoms with E-state index in [9.17, 15) is 0 Å². The Kier molecular flexibility index (Phi) is 2.49. The molecule has 1 aromatic carbocycles. The Morgan fingerprint density at radius 2 is 2.33 bits per heavy atom. The average molecular weight is 158 g/mol. The van der Waals surface area contributed by atoms with Crippen molar-refractivity contribution in [2.45, 2.75) is 0 Å². The lowest BCUT2D eigenvalue weighted by molar-refractivity contribution is 1.13. The van der Waals surface area contributed by atoms with Crippen molar-refractivity contribution >= 4 is 5.70 Å². The van der Waals surface area contributed by atoms with Crippen LogP contribution in [-0.2, 0) is 0 Å². The van der Waals surface area contributed by atoms with E-state index in [1.54, 1.807) is 19.2 Å². The fraction of sp³-hybridized carbons (Fsp3) is 0.100. The van der Waals surface area contributed by atoms with Gasteiger partial charge in [0.1, 0.15) is 0 Å². The number of nitriles is 1. The van der Waals surface area contributed by atoms with E-state index in [0.29, 0.717) is 5.56 Å². The molecule has 0 aliphatic rings. The SMILES string of the molecule is C=C(NC)c1cccc(C#N)c1. The van der Waals surface area contributed by atoms with E-state index in [-0.39, 0.29) is 0 Å². The van der Waals surface area contributed by atoms with Crippen LogP contribution in [-0.4, -0.2) is 7.05 Å². The smallest absolute Gasteiger partial charge is 0.0991 e. The molecule has 60 valence electrons. The lowest BCUT2D eigenvalue weighted by Crippen LogP contribution is -2.02. The van der Waals surface area contributed by atoms with Crippen LogP contribution >= 0.6 is 0 Å². The monoisotopic (exact) mass is 158 g/mol.